The lowest BCUT2D eigenvalue weighted by Gasteiger charge is -1.99. The van der Waals surface area contributed by atoms with Gasteiger partial charge in [-0.3, -0.25) is 0 Å². The van der Waals surface area contributed by atoms with Gasteiger partial charge in [0.25, 0.3) is 0 Å². The summed E-state index contributed by atoms with van der Waals surface area (Å²) in [6.07, 6.45) is 3.08. The lowest BCUT2D eigenvalue weighted by Crippen LogP contribution is -2.01. The van der Waals surface area contributed by atoms with E-state index in [0.29, 0.717) is 13.2 Å². The molecule has 0 aliphatic carbocycles. The van der Waals surface area contributed by atoms with Crippen LogP contribution in [0.3, 0.4) is 0 Å². The molecule has 0 unspecified atom stereocenters. The van der Waals surface area contributed by atoms with E-state index in [-0.39, 0.29) is 12.9 Å². The molecule has 0 saturated carbocycles. The molecule has 0 radical (unpaired) electrons. The predicted octanol–water partition coefficient (Wildman–Crippen LogP) is -0.0922. The van der Waals surface area contributed by atoms with Gasteiger partial charge in [-0.1, -0.05) is 6.08 Å². The van der Waals surface area contributed by atoms with Gasteiger partial charge in [-0.2, -0.15) is 0 Å². The molecule has 0 aromatic carbocycles. The predicted molar refractivity (Wildman–Crippen MR) is 31.9 cm³/mol. The summed E-state index contributed by atoms with van der Waals surface area (Å²) in [4.78, 5) is 0. The van der Waals surface area contributed by atoms with Crippen LogP contribution in [0.2, 0.25) is 0 Å². The molecule has 0 atom stereocenters. The fourth-order valence-electron chi connectivity index (χ4n) is 0.660. The summed E-state index contributed by atoms with van der Waals surface area (Å²) >= 11 is 0. The van der Waals surface area contributed by atoms with Crippen LogP contribution in [0.15, 0.2) is 12.2 Å². The van der Waals surface area contributed by atoms with Gasteiger partial charge in [0.15, 0.2) is 6.29 Å². The van der Waals surface area contributed by atoms with Gasteiger partial charge in [-0.25, -0.2) is 0 Å². The first-order valence-corrected chi connectivity index (χ1v) is 2.94. The van der Waals surface area contributed by atoms with Gasteiger partial charge < -0.3 is 14.6 Å². The molecular formula is C6H10O3. The number of ether oxygens (including phenoxy) is 2. The van der Waals surface area contributed by atoms with Gasteiger partial charge in [0, 0.05) is 0 Å². The molecule has 3 nitrogen and oxygen atoms in total. The Bertz CT molecular complexity index is 94.5. The van der Waals surface area contributed by atoms with Gasteiger partial charge in [0.05, 0.1) is 19.8 Å². The number of hydrogen-bond acceptors (Lipinski definition) is 3. The van der Waals surface area contributed by atoms with E-state index in [2.05, 4.69) is 0 Å². The van der Waals surface area contributed by atoms with E-state index in [0.717, 1.165) is 0 Å². The standard InChI is InChI=1S/C6H10O3/c7-3-1-2-6-8-4-5-9-6/h1-2,6-7H,3-5H2/b2-1-. The maximum Gasteiger partial charge on any atom is 0.177 e. The third-order valence-electron chi connectivity index (χ3n) is 1.05. The van der Waals surface area contributed by atoms with Crippen molar-refractivity contribution in [2.45, 2.75) is 6.29 Å². The molecule has 1 aliphatic heterocycles. The van der Waals surface area contributed by atoms with Gasteiger partial charge in [-0.05, 0) is 6.08 Å². The van der Waals surface area contributed by atoms with Crippen molar-refractivity contribution < 1.29 is 14.6 Å². The molecule has 1 N–H and O–H groups in total. The highest BCUT2D eigenvalue weighted by atomic mass is 16.7. The van der Waals surface area contributed by atoms with E-state index >= 15 is 0 Å². The molecule has 9 heavy (non-hydrogen) atoms. The van der Waals surface area contributed by atoms with Crippen molar-refractivity contribution in [3.05, 3.63) is 12.2 Å². The Morgan fingerprint density at radius 2 is 2.11 bits per heavy atom. The van der Waals surface area contributed by atoms with Crippen LogP contribution < -0.4 is 0 Å². The van der Waals surface area contributed by atoms with Crippen molar-refractivity contribution in [3.63, 3.8) is 0 Å². The van der Waals surface area contributed by atoms with Crippen LogP contribution in [0.1, 0.15) is 0 Å². The highest BCUT2D eigenvalue weighted by Crippen LogP contribution is 2.03. The number of rotatable bonds is 2. The SMILES string of the molecule is OC/C=C\C1OCCO1. The van der Waals surface area contributed by atoms with Crippen LogP contribution in [-0.2, 0) is 9.47 Å². The summed E-state index contributed by atoms with van der Waals surface area (Å²) in [5.74, 6) is 0. The first kappa shape index (κ1) is 6.74. The minimum absolute atomic E-state index is 0.0449. The minimum Gasteiger partial charge on any atom is -0.392 e. The monoisotopic (exact) mass is 130 g/mol. The van der Waals surface area contributed by atoms with E-state index in [1.54, 1.807) is 12.2 Å². The van der Waals surface area contributed by atoms with Crippen LogP contribution >= 0.6 is 0 Å². The highest BCUT2D eigenvalue weighted by Gasteiger charge is 2.10. The van der Waals surface area contributed by atoms with E-state index in [9.17, 15) is 0 Å². The quantitative estimate of drug-likeness (QED) is 0.531. The van der Waals surface area contributed by atoms with Crippen molar-refractivity contribution in [1.29, 1.82) is 0 Å². The largest absolute Gasteiger partial charge is 0.392 e. The summed E-state index contributed by atoms with van der Waals surface area (Å²) in [5, 5.41) is 8.33. The second-order valence-electron chi connectivity index (χ2n) is 1.72. The zero-order valence-corrected chi connectivity index (χ0v) is 5.12. The van der Waals surface area contributed by atoms with Gasteiger partial charge in [0.1, 0.15) is 0 Å². The maximum absolute atomic E-state index is 8.33. The van der Waals surface area contributed by atoms with Gasteiger partial charge >= 0.3 is 0 Å². The minimum atomic E-state index is -0.225. The molecule has 0 amide bonds. The second kappa shape index (κ2) is 3.61. The Labute approximate surface area is 53.9 Å². The molecule has 52 valence electrons. The third kappa shape index (κ3) is 2.13. The van der Waals surface area contributed by atoms with E-state index in [1.165, 1.54) is 0 Å². The summed E-state index contributed by atoms with van der Waals surface area (Å²) in [6.45, 7) is 1.35. The average Bonchev–Trinajstić information content (AvgIpc) is 2.34. The number of aliphatic hydroxyl groups is 1. The third-order valence-corrected chi connectivity index (χ3v) is 1.05. The lowest BCUT2D eigenvalue weighted by atomic mass is 10.5. The molecule has 0 bridgehead atoms. The van der Waals surface area contributed by atoms with E-state index < -0.39 is 0 Å². The van der Waals surface area contributed by atoms with Crippen molar-refractivity contribution in [3.8, 4) is 0 Å². The topological polar surface area (TPSA) is 38.7 Å². The van der Waals surface area contributed by atoms with Crippen LogP contribution in [0.25, 0.3) is 0 Å². The molecule has 0 aromatic rings. The van der Waals surface area contributed by atoms with E-state index in [4.69, 9.17) is 14.6 Å². The summed E-state index contributed by atoms with van der Waals surface area (Å²) in [6, 6.07) is 0. The smallest absolute Gasteiger partial charge is 0.177 e. The van der Waals surface area contributed by atoms with Crippen molar-refractivity contribution in [2.24, 2.45) is 0 Å². The Hall–Kier alpha value is -0.380. The molecule has 1 saturated heterocycles. The van der Waals surface area contributed by atoms with Crippen LogP contribution in [0.4, 0.5) is 0 Å². The van der Waals surface area contributed by atoms with Crippen molar-refractivity contribution in [1.82, 2.24) is 0 Å². The molecule has 1 aliphatic rings. The first-order chi connectivity index (χ1) is 4.43. The highest BCUT2D eigenvalue weighted by molar-refractivity contribution is 4.85. The van der Waals surface area contributed by atoms with Crippen molar-refractivity contribution in [2.75, 3.05) is 19.8 Å². The van der Waals surface area contributed by atoms with Crippen LogP contribution in [0.5, 0.6) is 0 Å². The zero-order valence-electron chi connectivity index (χ0n) is 5.12. The van der Waals surface area contributed by atoms with E-state index in [1.807, 2.05) is 0 Å². The zero-order chi connectivity index (χ0) is 6.53. The maximum atomic E-state index is 8.33. The second-order valence-corrected chi connectivity index (χ2v) is 1.72. The number of aliphatic hydroxyl groups excluding tert-OH is 1. The van der Waals surface area contributed by atoms with Crippen molar-refractivity contribution >= 4 is 0 Å². The van der Waals surface area contributed by atoms with Crippen LogP contribution in [-0.4, -0.2) is 31.2 Å². The molecule has 1 heterocycles. The average molecular weight is 130 g/mol. The molecule has 1 rings (SSSR count). The lowest BCUT2D eigenvalue weighted by molar-refractivity contribution is -0.00193. The Morgan fingerprint density at radius 3 is 2.67 bits per heavy atom. The molecule has 0 spiro atoms. The molecular weight excluding hydrogens is 120 g/mol. The summed E-state index contributed by atoms with van der Waals surface area (Å²) in [5.41, 5.74) is 0. The Morgan fingerprint density at radius 1 is 1.44 bits per heavy atom. The summed E-state index contributed by atoms with van der Waals surface area (Å²) in [7, 11) is 0. The fraction of sp³-hybridized carbons (Fsp3) is 0.667. The van der Waals surface area contributed by atoms with Gasteiger partial charge in [0.2, 0.25) is 0 Å². The molecule has 3 heteroatoms. The summed E-state index contributed by atoms with van der Waals surface area (Å²) < 4.78 is 10.1. The number of hydrogen-bond donors (Lipinski definition) is 1. The fourth-order valence-corrected chi connectivity index (χ4v) is 0.660. The first-order valence-electron chi connectivity index (χ1n) is 2.94. The Kier molecular flexibility index (Phi) is 2.70. The van der Waals surface area contributed by atoms with Crippen LogP contribution in [0, 0.1) is 0 Å². The normalized spacial score (nSPS) is 21.9. The Balaban J connectivity index is 2.18. The van der Waals surface area contributed by atoms with Gasteiger partial charge in [-0.15, -0.1) is 0 Å². The molecule has 0 aromatic heterocycles. The molecule has 1 fully saturated rings.